The molecule has 124 valence electrons. The molecule has 0 aromatic heterocycles. The van der Waals surface area contributed by atoms with Crippen molar-refractivity contribution in [1.82, 2.24) is 16.0 Å². The van der Waals surface area contributed by atoms with Crippen molar-refractivity contribution < 1.29 is 14.4 Å². The molecule has 0 bridgehead atoms. The predicted octanol–water partition coefficient (Wildman–Crippen LogP) is 0.519. The fraction of sp³-hybridized carbons (Fsp3) is 0.471. The Hall–Kier alpha value is -2.37. The third-order valence-electron chi connectivity index (χ3n) is 3.83. The molecule has 1 aliphatic heterocycles. The van der Waals surface area contributed by atoms with Crippen molar-refractivity contribution in [1.29, 1.82) is 0 Å². The summed E-state index contributed by atoms with van der Waals surface area (Å²) in [5, 5.41) is 8.15. The van der Waals surface area contributed by atoms with Crippen molar-refractivity contribution >= 4 is 17.7 Å². The molecule has 0 radical (unpaired) electrons. The van der Waals surface area contributed by atoms with E-state index in [1.165, 1.54) is 0 Å². The lowest BCUT2D eigenvalue weighted by Crippen LogP contribution is -2.52. The van der Waals surface area contributed by atoms with E-state index in [4.69, 9.17) is 0 Å². The Bertz CT molecular complexity index is 559. The fourth-order valence-electron chi connectivity index (χ4n) is 2.51. The SMILES string of the molecule is C[C@H](NC(=O)Cc1ccccc1)C(=O)NC1CCCCNC1=O. The highest BCUT2D eigenvalue weighted by Gasteiger charge is 2.25. The van der Waals surface area contributed by atoms with Crippen molar-refractivity contribution in [3.8, 4) is 0 Å². The zero-order chi connectivity index (χ0) is 16.7. The van der Waals surface area contributed by atoms with Gasteiger partial charge in [0, 0.05) is 6.54 Å². The molecule has 2 atom stereocenters. The van der Waals surface area contributed by atoms with Gasteiger partial charge in [-0.3, -0.25) is 14.4 Å². The minimum atomic E-state index is -0.678. The molecular weight excluding hydrogens is 294 g/mol. The molecule has 1 heterocycles. The molecule has 1 aromatic rings. The third-order valence-corrected chi connectivity index (χ3v) is 3.83. The molecule has 2 rings (SSSR count). The van der Waals surface area contributed by atoms with E-state index < -0.39 is 12.1 Å². The number of rotatable bonds is 5. The summed E-state index contributed by atoms with van der Waals surface area (Å²) in [6.45, 7) is 2.27. The number of benzene rings is 1. The Morgan fingerprint density at radius 2 is 2.00 bits per heavy atom. The van der Waals surface area contributed by atoms with Crippen LogP contribution in [0.15, 0.2) is 30.3 Å². The van der Waals surface area contributed by atoms with Gasteiger partial charge in [0.25, 0.3) is 0 Å². The van der Waals surface area contributed by atoms with Gasteiger partial charge in [0.2, 0.25) is 17.7 Å². The largest absolute Gasteiger partial charge is 0.354 e. The summed E-state index contributed by atoms with van der Waals surface area (Å²) in [6.07, 6.45) is 2.66. The molecule has 6 heteroatoms. The van der Waals surface area contributed by atoms with Crippen LogP contribution in [0.2, 0.25) is 0 Å². The molecule has 23 heavy (non-hydrogen) atoms. The van der Waals surface area contributed by atoms with Gasteiger partial charge in [-0.25, -0.2) is 0 Å². The van der Waals surface area contributed by atoms with Gasteiger partial charge in [0.1, 0.15) is 12.1 Å². The van der Waals surface area contributed by atoms with Crippen molar-refractivity contribution in [2.75, 3.05) is 6.54 Å². The maximum Gasteiger partial charge on any atom is 0.242 e. The Balaban J connectivity index is 1.82. The molecule has 3 amide bonds. The monoisotopic (exact) mass is 317 g/mol. The van der Waals surface area contributed by atoms with Crippen LogP contribution in [0.4, 0.5) is 0 Å². The van der Waals surface area contributed by atoms with Crippen LogP contribution in [-0.4, -0.2) is 36.3 Å². The number of amides is 3. The van der Waals surface area contributed by atoms with Crippen LogP contribution < -0.4 is 16.0 Å². The maximum absolute atomic E-state index is 12.2. The molecular formula is C17H23N3O3. The van der Waals surface area contributed by atoms with Crippen molar-refractivity contribution in [2.24, 2.45) is 0 Å². The summed E-state index contributed by atoms with van der Waals surface area (Å²) in [6, 6.07) is 8.14. The molecule has 6 nitrogen and oxygen atoms in total. The molecule has 0 spiro atoms. The highest BCUT2D eigenvalue weighted by Crippen LogP contribution is 2.05. The van der Waals surface area contributed by atoms with Gasteiger partial charge in [-0.05, 0) is 31.7 Å². The van der Waals surface area contributed by atoms with Crippen LogP contribution in [0.25, 0.3) is 0 Å². The molecule has 1 fully saturated rings. The van der Waals surface area contributed by atoms with Crippen molar-refractivity contribution in [3.05, 3.63) is 35.9 Å². The lowest BCUT2D eigenvalue weighted by Gasteiger charge is -2.19. The van der Waals surface area contributed by atoms with Crippen LogP contribution >= 0.6 is 0 Å². The Kier molecular flexibility index (Phi) is 6.14. The standard InChI is InChI=1S/C17H23N3O3/c1-12(19-15(21)11-13-7-3-2-4-8-13)16(22)20-14-9-5-6-10-18-17(14)23/h2-4,7-8,12,14H,5-6,9-11H2,1H3,(H,18,23)(H,19,21)(H,20,22)/t12-,14?/m0/s1. The van der Waals surface area contributed by atoms with E-state index in [2.05, 4.69) is 16.0 Å². The summed E-state index contributed by atoms with van der Waals surface area (Å²) in [5.74, 6) is -0.712. The normalized spacial score (nSPS) is 19.2. The first kappa shape index (κ1) is 17.0. The Labute approximate surface area is 136 Å². The van der Waals surface area contributed by atoms with Crippen LogP contribution in [0.3, 0.4) is 0 Å². The molecule has 0 aliphatic carbocycles. The first-order chi connectivity index (χ1) is 11.1. The fourth-order valence-corrected chi connectivity index (χ4v) is 2.51. The second-order valence-corrected chi connectivity index (χ2v) is 5.80. The van der Waals surface area contributed by atoms with E-state index in [1.807, 2.05) is 30.3 Å². The van der Waals surface area contributed by atoms with Crippen LogP contribution in [-0.2, 0) is 20.8 Å². The van der Waals surface area contributed by atoms with Gasteiger partial charge < -0.3 is 16.0 Å². The minimum Gasteiger partial charge on any atom is -0.354 e. The summed E-state index contributed by atoms with van der Waals surface area (Å²) in [4.78, 5) is 35.9. The average molecular weight is 317 g/mol. The van der Waals surface area contributed by atoms with Gasteiger partial charge in [-0.1, -0.05) is 30.3 Å². The van der Waals surface area contributed by atoms with Gasteiger partial charge >= 0.3 is 0 Å². The lowest BCUT2D eigenvalue weighted by molar-refractivity contribution is -0.131. The summed E-state index contributed by atoms with van der Waals surface area (Å²) in [5.41, 5.74) is 0.890. The number of carbonyl (C=O) groups excluding carboxylic acids is 3. The van der Waals surface area contributed by atoms with Crippen LogP contribution in [0.1, 0.15) is 31.7 Å². The van der Waals surface area contributed by atoms with Crippen molar-refractivity contribution in [2.45, 2.75) is 44.7 Å². The highest BCUT2D eigenvalue weighted by atomic mass is 16.2. The number of hydrogen-bond donors (Lipinski definition) is 3. The van der Waals surface area contributed by atoms with E-state index in [-0.39, 0.29) is 24.1 Å². The second kappa shape index (κ2) is 8.31. The van der Waals surface area contributed by atoms with Gasteiger partial charge in [-0.15, -0.1) is 0 Å². The van der Waals surface area contributed by atoms with E-state index in [0.717, 1.165) is 18.4 Å². The Morgan fingerprint density at radius 1 is 1.26 bits per heavy atom. The topological polar surface area (TPSA) is 87.3 Å². The highest BCUT2D eigenvalue weighted by molar-refractivity contribution is 5.92. The van der Waals surface area contributed by atoms with E-state index in [9.17, 15) is 14.4 Å². The lowest BCUT2D eigenvalue weighted by atomic mass is 10.1. The summed E-state index contributed by atoms with van der Waals surface area (Å²) < 4.78 is 0. The smallest absolute Gasteiger partial charge is 0.242 e. The van der Waals surface area contributed by atoms with E-state index in [1.54, 1.807) is 6.92 Å². The quantitative estimate of drug-likeness (QED) is 0.740. The van der Waals surface area contributed by atoms with E-state index >= 15 is 0 Å². The van der Waals surface area contributed by atoms with Crippen LogP contribution in [0, 0.1) is 0 Å². The molecule has 3 N–H and O–H groups in total. The average Bonchev–Trinajstić information content (AvgIpc) is 2.73. The molecule has 1 saturated heterocycles. The van der Waals surface area contributed by atoms with E-state index in [0.29, 0.717) is 13.0 Å². The van der Waals surface area contributed by atoms with Crippen LogP contribution in [0.5, 0.6) is 0 Å². The van der Waals surface area contributed by atoms with Crippen molar-refractivity contribution in [3.63, 3.8) is 0 Å². The first-order valence-electron chi connectivity index (χ1n) is 7.97. The maximum atomic E-state index is 12.2. The second-order valence-electron chi connectivity index (χ2n) is 5.80. The molecule has 1 aliphatic rings. The number of nitrogens with one attached hydrogen (secondary N) is 3. The minimum absolute atomic E-state index is 0.154. The molecule has 1 aromatic carbocycles. The summed E-state index contributed by atoms with van der Waals surface area (Å²) >= 11 is 0. The number of hydrogen-bond acceptors (Lipinski definition) is 3. The molecule has 0 saturated carbocycles. The zero-order valence-corrected chi connectivity index (χ0v) is 13.3. The number of carbonyl (C=O) groups is 3. The molecule has 1 unspecified atom stereocenters. The van der Waals surface area contributed by atoms with Gasteiger partial charge in [-0.2, -0.15) is 0 Å². The predicted molar refractivity (Wildman–Crippen MR) is 86.5 cm³/mol. The summed E-state index contributed by atoms with van der Waals surface area (Å²) in [7, 11) is 0. The van der Waals surface area contributed by atoms with Gasteiger partial charge in [0.15, 0.2) is 0 Å². The zero-order valence-electron chi connectivity index (χ0n) is 13.3. The third kappa shape index (κ3) is 5.39. The Morgan fingerprint density at radius 3 is 2.74 bits per heavy atom. The van der Waals surface area contributed by atoms with Gasteiger partial charge in [0.05, 0.1) is 6.42 Å². The first-order valence-corrected chi connectivity index (χ1v) is 7.97.